The molecule has 0 fully saturated rings. The molecule has 1 aromatic carbocycles. The third-order valence-electron chi connectivity index (χ3n) is 2.26. The Balaban J connectivity index is 2.20. The van der Waals surface area contributed by atoms with Gasteiger partial charge in [-0.05, 0) is 30.6 Å². The predicted octanol–water partition coefficient (Wildman–Crippen LogP) is 3.39. The van der Waals surface area contributed by atoms with E-state index < -0.39 is 0 Å². The first-order valence-electron chi connectivity index (χ1n) is 5.51. The molecule has 0 radical (unpaired) electrons. The summed E-state index contributed by atoms with van der Waals surface area (Å²) >= 11 is 1.60. The molecule has 88 valence electrons. The van der Waals surface area contributed by atoms with Crippen molar-refractivity contribution in [2.75, 3.05) is 13.6 Å². The van der Waals surface area contributed by atoms with E-state index in [0.29, 0.717) is 0 Å². The molecular weight excluding hydrogens is 230 g/mol. The first kappa shape index (κ1) is 11.9. The normalized spacial score (nSPS) is 11.5. The molecule has 1 N–H and O–H groups in total. The van der Waals surface area contributed by atoms with Crippen LogP contribution in [0.25, 0.3) is 5.76 Å². The second kappa shape index (κ2) is 6.23. The molecule has 0 saturated heterocycles. The Morgan fingerprint density at radius 2 is 2.06 bits per heavy atom. The van der Waals surface area contributed by atoms with Gasteiger partial charge in [0.15, 0.2) is 5.06 Å². The van der Waals surface area contributed by atoms with Crippen molar-refractivity contribution in [3.63, 3.8) is 0 Å². The molecule has 0 bridgehead atoms. The molecule has 0 amide bonds. The first-order valence-corrected chi connectivity index (χ1v) is 6.39. The lowest BCUT2D eigenvalue weighted by Gasteiger charge is -2.08. The van der Waals surface area contributed by atoms with E-state index >= 15 is 0 Å². The van der Waals surface area contributed by atoms with Gasteiger partial charge in [-0.15, -0.1) is 11.3 Å². The number of hydrogen-bond acceptors (Lipinski definition) is 3. The van der Waals surface area contributed by atoms with Crippen LogP contribution >= 0.6 is 11.3 Å². The summed E-state index contributed by atoms with van der Waals surface area (Å²) in [7, 11) is 1.92. The van der Waals surface area contributed by atoms with Gasteiger partial charge in [0.1, 0.15) is 5.76 Å². The summed E-state index contributed by atoms with van der Waals surface area (Å²) in [5.41, 5.74) is 1.09. The summed E-state index contributed by atoms with van der Waals surface area (Å²) in [5.74, 6) is 0.891. The molecule has 17 heavy (non-hydrogen) atoms. The van der Waals surface area contributed by atoms with E-state index in [9.17, 15) is 0 Å². The molecule has 0 atom stereocenters. The fourth-order valence-electron chi connectivity index (χ4n) is 1.45. The molecule has 3 heteroatoms. The highest BCUT2D eigenvalue weighted by Gasteiger charge is 2.04. The highest BCUT2D eigenvalue weighted by atomic mass is 32.1. The lowest BCUT2D eigenvalue weighted by molar-refractivity contribution is 0.527. The number of rotatable bonds is 5. The molecule has 0 saturated carbocycles. The summed E-state index contributed by atoms with van der Waals surface area (Å²) in [6.45, 7) is 0.787. The highest BCUT2D eigenvalue weighted by molar-refractivity contribution is 7.11. The van der Waals surface area contributed by atoms with E-state index in [0.717, 1.165) is 22.9 Å². The molecule has 0 aliphatic rings. The van der Waals surface area contributed by atoms with Gasteiger partial charge < -0.3 is 10.1 Å². The van der Waals surface area contributed by atoms with Crippen LogP contribution in [0.4, 0.5) is 0 Å². The van der Waals surface area contributed by atoms with Crippen molar-refractivity contribution in [2.24, 2.45) is 0 Å². The molecule has 2 nitrogen and oxygen atoms in total. The monoisotopic (exact) mass is 245 g/mol. The largest absolute Gasteiger partial charge is 0.446 e. The van der Waals surface area contributed by atoms with Crippen molar-refractivity contribution in [2.45, 2.75) is 0 Å². The summed E-state index contributed by atoms with van der Waals surface area (Å²) < 4.78 is 5.88. The maximum absolute atomic E-state index is 5.88. The van der Waals surface area contributed by atoms with Gasteiger partial charge in [-0.2, -0.15) is 0 Å². The molecular formula is C14H15NOS. The van der Waals surface area contributed by atoms with Gasteiger partial charge in [0, 0.05) is 12.1 Å². The van der Waals surface area contributed by atoms with Crippen LogP contribution in [0.15, 0.2) is 53.9 Å². The minimum Gasteiger partial charge on any atom is -0.446 e. The van der Waals surface area contributed by atoms with Crippen LogP contribution in [0.3, 0.4) is 0 Å². The third kappa shape index (κ3) is 3.44. The third-order valence-corrected chi connectivity index (χ3v) is 3.00. The maximum Gasteiger partial charge on any atom is 0.180 e. The van der Waals surface area contributed by atoms with E-state index in [2.05, 4.69) is 23.5 Å². The standard InChI is InChI=1S/C14H15NOS/c1-15-10-9-13(12-6-3-2-4-7-12)16-14-8-5-11-17-14/h2-9,11,15H,10H2,1H3/b13-9+. The quantitative estimate of drug-likeness (QED) is 0.815. The van der Waals surface area contributed by atoms with Crippen molar-refractivity contribution >= 4 is 17.1 Å². The van der Waals surface area contributed by atoms with Gasteiger partial charge in [-0.3, -0.25) is 0 Å². The topological polar surface area (TPSA) is 21.3 Å². The highest BCUT2D eigenvalue weighted by Crippen LogP contribution is 2.25. The lowest BCUT2D eigenvalue weighted by Crippen LogP contribution is -2.06. The van der Waals surface area contributed by atoms with Gasteiger partial charge in [0.25, 0.3) is 0 Å². The Hall–Kier alpha value is -1.58. The number of thiophene rings is 1. The Morgan fingerprint density at radius 1 is 1.24 bits per heavy atom. The summed E-state index contributed by atoms with van der Waals surface area (Å²) in [5, 5.41) is 6.02. The molecule has 2 aromatic rings. The molecule has 0 spiro atoms. The number of hydrogen-bond donors (Lipinski definition) is 1. The van der Waals surface area contributed by atoms with Crippen molar-refractivity contribution in [3.05, 3.63) is 59.5 Å². The second-order valence-corrected chi connectivity index (χ2v) is 4.44. The minimum atomic E-state index is 0.787. The van der Waals surface area contributed by atoms with E-state index in [1.807, 2.05) is 42.8 Å². The van der Waals surface area contributed by atoms with Gasteiger partial charge in [0.05, 0.1) is 0 Å². The molecule has 0 aliphatic carbocycles. The Labute approximate surface area is 106 Å². The van der Waals surface area contributed by atoms with Crippen molar-refractivity contribution in [1.82, 2.24) is 5.32 Å². The fraction of sp³-hybridized carbons (Fsp3) is 0.143. The molecule has 1 aromatic heterocycles. The Bertz CT molecular complexity index is 462. The molecule has 1 heterocycles. The number of benzene rings is 1. The van der Waals surface area contributed by atoms with Crippen LogP contribution in [0, 0.1) is 0 Å². The van der Waals surface area contributed by atoms with Crippen LogP contribution < -0.4 is 10.1 Å². The molecule has 2 rings (SSSR count). The number of likely N-dealkylation sites (N-methyl/N-ethyl adjacent to an activating group) is 1. The van der Waals surface area contributed by atoms with Crippen molar-refractivity contribution in [3.8, 4) is 5.06 Å². The van der Waals surface area contributed by atoms with Crippen molar-refractivity contribution in [1.29, 1.82) is 0 Å². The minimum absolute atomic E-state index is 0.787. The van der Waals surface area contributed by atoms with E-state index in [-0.39, 0.29) is 0 Å². The van der Waals surface area contributed by atoms with Crippen molar-refractivity contribution < 1.29 is 4.74 Å². The average molecular weight is 245 g/mol. The number of ether oxygens (including phenoxy) is 1. The zero-order valence-electron chi connectivity index (χ0n) is 9.72. The summed E-state index contributed by atoms with van der Waals surface area (Å²) in [6, 6.07) is 14.1. The van der Waals surface area contributed by atoms with Crippen LogP contribution in [-0.4, -0.2) is 13.6 Å². The summed E-state index contributed by atoms with van der Waals surface area (Å²) in [4.78, 5) is 0. The number of nitrogens with one attached hydrogen (secondary N) is 1. The van der Waals surface area contributed by atoms with Gasteiger partial charge in [-0.1, -0.05) is 30.3 Å². The SMILES string of the molecule is CNC/C=C(/Oc1cccs1)c1ccccc1. The van der Waals surface area contributed by atoms with Crippen LogP contribution in [0.5, 0.6) is 5.06 Å². The van der Waals surface area contributed by atoms with E-state index in [4.69, 9.17) is 4.74 Å². The predicted molar refractivity (Wildman–Crippen MR) is 73.3 cm³/mol. The first-order chi connectivity index (χ1) is 8.40. The summed E-state index contributed by atoms with van der Waals surface area (Å²) in [6.07, 6.45) is 2.05. The van der Waals surface area contributed by atoms with E-state index in [1.54, 1.807) is 11.3 Å². The van der Waals surface area contributed by atoms with Gasteiger partial charge >= 0.3 is 0 Å². The average Bonchev–Trinajstić information content (AvgIpc) is 2.88. The smallest absolute Gasteiger partial charge is 0.180 e. The zero-order valence-corrected chi connectivity index (χ0v) is 10.5. The van der Waals surface area contributed by atoms with Gasteiger partial charge in [0.2, 0.25) is 0 Å². The molecule has 0 unspecified atom stereocenters. The molecule has 0 aliphatic heterocycles. The Kier molecular flexibility index (Phi) is 4.36. The van der Waals surface area contributed by atoms with Crippen LogP contribution in [0.2, 0.25) is 0 Å². The van der Waals surface area contributed by atoms with E-state index in [1.165, 1.54) is 0 Å². The Morgan fingerprint density at radius 3 is 2.71 bits per heavy atom. The van der Waals surface area contributed by atoms with Crippen LogP contribution in [0.1, 0.15) is 5.56 Å². The van der Waals surface area contributed by atoms with Crippen LogP contribution in [-0.2, 0) is 0 Å². The lowest BCUT2D eigenvalue weighted by atomic mass is 10.2. The fourth-order valence-corrected chi connectivity index (χ4v) is 2.03. The van der Waals surface area contributed by atoms with Gasteiger partial charge in [-0.25, -0.2) is 0 Å². The maximum atomic E-state index is 5.88. The zero-order chi connectivity index (χ0) is 11.9. The second-order valence-electron chi connectivity index (χ2n) is 3.53.